The van der Waals surface area contributed by atoms with Gasteiger partial charge in [-0.15, -0.1) is 0 Å². The first kappa shape index (κ1) is 23.1. The molecule has 0 spiro atoms. The second kappa shape index (κ2) is 9.07. The van der Waals surface area contributed by atoms with Crippen LogP contribution in [-0.4, -0.2) is 18.2 Å². The molecule has 0 aliphatic rings. The molecule has 8 heteroatoms. The van der Waals surface area contributed by atoms with E-state index in [0.717, 1.165) is 22.4 Å². The molecule has 4 aromatic rings. The van der Waals surface area contributed by atoms with Crippen LogP contribution in [0.2, 0.25) is 0 Å². The van der Waals surface area contributed by atoms with Gasteiger partial charge in [0.2, 0.25) is 0 Å². The van der Waals surface area contributed by atoms with Crippen LogP contribution in [0.3, 0.4) is 0 Å². The molecule has 0 aliphatic carbocycles. The quantitative estimate of drug-likeness (QED) is 0.400. The van der Waals surface area contributed by atoms with Gasteiger partial charge < -0.3 is 5.32 Å². The molecule has 7 nitrogen and oxygen atoms in total. The third-order valence-corrected chi connectivity index (χ3v) is 6.97. The summed E-state index contributed by atoms with van der Waals surface area (Å²) >= 11 is 0. The molecule has 0 aliphatic heterocycles. The fraction of sp³-hybridized carbons (Fsp3) is 0.115. The van der Waals surface area contributed by atoms with Crippen molar-refractivity contribution in [1.29, 1.82) is 0 Å². The Morgan fingerprint density at radius 3 is 2.32 bits per heavy atom. The molecule has 3 aromatic carbocycles. The number of nitrogens with zero attached hydrogens (tertiary/aromatic N) is 1. The number of sulfonamides is 1. The van der Waals surface area contributed by atoms with Crippen LogP contribution in [0.25, 0.3) is 18.5 Å². The molecule has 174 valence electrons. The van der Waals surface area contributed by atoms with Crippen molar-refractivity contribution < 1.29 is 8.42 Å². The predicted molar refractivity (Wildman–Crippen MR) is 137 cm³/mol. The average molecular weight is 475 g/mol. The summed E-state index contributed by atoms with van der Waals surface area (Å²) in [4.78, 5) is 13.1. The zero-order chi connectivity index (χ0) is 24.5. The van der Waals surface area contributed by atoms with E-state index in [4.69, 9.17) is 0 Å². The van der Waals surface area contributed by atoms with Crippen LogP contribution >= 0.6 is 0 Å². The number of aromatic amines is 1. The van der Waals surface area contributed by atoms with E-state index in [9.17, 15) is 13.2 Å². The van der Waals surface area contributed by atoms with E-state index in [2.05, 4.69) is 21.7 Å². The van der Waals surface area contributed by atoms with Crippen molar-refractivity contribution in [2.45, 2.75) is 25.7 Å². The molecule has 1 heterocycles. The second-order valence-corrected chi connectivity index (χ2v) is 9.88. The fourth-order valence-electron chi connectivity index (χ4n) is 3.50. The van der Waals surface area contributed by atoms with Gasteiger partial charge in [-0.2, -0.15) is 0 Å². The van der Waals surface area contributed by atoms with E-state index in [0.29, 0.717) is 21.9 Å². The number of rotatable bonds is 6. The first-order chi connectivity index (χ1) is 16.1. The number of hydrogen-bond donors (Lipinski definition) is 3. The van der Waals surface area contributed by atoms with Gasteiger partial charge in [-0.3, -0.25) is 14.6 Å². The fourth-order valence-corrected chi connectivity index (χ4v) is 4.55. The summed E-state index contributed by atoms with van der Waals surface area (Å²) in [5.41, 5.74) is 4.82. The molecule has 0 unspecified atom stereocenters. The van der Waals surface area contributed by atoms with E-state index in [1.807, 2.05) is 45.0 Å². The van der Waals surface area contributed by atoms with E-state index < -0.39 is 10.0 Å². The Hall–Kier alpha value is -4.04. The number of aromatic nitrogens is 2. The highest BCUT2D eigenvalue weighted by Gasteiger charge is 2.14. The highest BCUT2D eigenvalue weighted by molar-refractivity contribution is 7.92. The zero-order valence-corrected chi connectivity index (χ0v) is 20.0. The van der Waals surface area contributed by atoms with Crippen molar-refractivity contribution in [2.75, 3.05) is 10.0 Å². The average Bonchev–Trinajstić information content (AvgIpc) is 3.07. The molecule has 0 bridgehead atoms. The summed E-state index contributed by atoms with van der Waals surface area (Å²) in [6, 6.07) is 19.2. The molecule has 0 radical (unpaired) electrons. The van der Waals surface area contributed by atoms with Crippen LogP contribution in [-0.2, 0) is 10.0 Å². The third-order valence-electron chi connectivity index (χ3n) is 5.57. The highest BCUT2D eigenvalue weighted by atomic mass is 32.2. The minimum atomic E-state index is -3.72. The Morgan fingerprint density at radius 1 is 0.912 bits per heavy atom. The number of nitrogens with one attached hydrogen (secondary N) is 3. The van der Waals surface area contributed by atoms with Gasteiger partial charge in [0.05, 0.1) is 21.2 Å². The number of benzene rings is 3. The van der Waals surface area contributed by atoms with Crippen molar-refractivity contribution in [3.8, 4) is 5.69 Å². The minimum Gasteiger partial charge on any atom is -0.361 e. The molecule has 0 fully saturated rings. The summed E-state index contributed by atoms with van der Waals surface area (Å²) in [5, 5.41) is 6.91. The molecule has 0 amide bonds. The third kappa shape index (κ3) is 4.82. The molecule has 0 atom stereocenters. The molecule has 0 saturated heterocycles. The summed E-state index contributed by atoms with van der Waals surface area (Å²) < 4.78 is 29.4. The first-order valence-corrected chi connectivity index (χ1v) is 12.2. The lowest BCUT2D eigenvalue weighted by Gasteiger charge is -2.09. The van der Waals surface area contributed by atoms with Crippen molar-refractivity contribution in [3.05, 3.63) is 104 Å². The molecule has 1 aromatic heterocycles. The van der Waals surface area contributed by atoms with Gasteiger partial charge in [0.15, 0.2) is 0 Å². The lowest BCUT2D eigenvalue weighted by Crippen LogP contribution is -2.34. The standard InChI is InChI=1S/C26H26N4O3S/c1-17-6-5-7-22(14-17)29-34(32,33)24-12-9-21(10-13-24)27-16-25-20(4)28-30(26(25)31)23-11-8-18(2)19(3)15-23/h5-16,27-29H,4H2,1-3H3. The van der Waals surface area contributed by atoms with E-state index >= 15 is 0 Å². The Balaban J connectivity index is 1.56. The largest absolute Gasteiger partial charge is 0.361 e. The van der Waals surface area contributed by atoms with Crippen LogP contribution in [0.5, 0.6) is 0 Å². The van der Waals surface area contributed by atoms with Crippen molar-refractivity contribution in [2.24, 2.45) is 0 Å². The summed E-state index contributed by atoms with van der Waals surface area (Å²) in [5.74, 6) is 0. The summed E-state index contributed by atoms with van der Waals surface area (Å²) in [7, 11) is -3.72. The van der Waals surface area contributed by atoms with E-state index in [1.165, 1.54) is 16.8 Å². The number of H-pyrrole nitrogens is 1. The topological polar surface area (TPSA) is 96.0 Å². The van der Waals surface area contributed by atoms with Gasteiger partial charge >= 0.3 is 0 Å². The maximum Gasteiger partial charge on any atom is 0.280 e. The van der Waals surface area contributed by atoms with Crippen LogP contribution < -0.4 is 26.2 Å². The van der Waals surface area contributed by atoms with Gasteiger partial charge in [-0.25, -0.2) is 13.1 Å². The Morgan fingerprint density at radius 2 is 1.65 bits per heavy atom. The Labute approximate surface area is 198 Å². The Bertz CT molecular complexity index is 1630. The van der Waals surface area contributed by atoms with Gasteiger partial charge in [-0.1, -0.05) is 24.8 Å². The maximum absolute atomic E-state index is 12.9. The highest BCUT2D eigenvalue weighted by Crippen LogP contribution is 2.19. The number of anilines is 2. The first-order valence-electron chi connectivity index (χ1n) is 10.7. The van der Waals surface area contributed by atoms with Crippen LogP contribution in [0.4, 0.5) is 11.4 Å². The van der Waals surface area contributed by atoms with Gasteiger partial charge in [0, 0.05) is 17.6 Å². The van der Waals surface area contributed by atoms with Crippen LogP contribution in [0.15, 0.2) is 76.4 Å². The zero-order valence-electron chi connectivity index (χ0n) is 19.2. The van der Waals surface area contributed by atoms with Crippen molar-refractivity contribution in [3.63, 3.8) is 0 Å². The maximum atomic E-state index is 12.9. The lowest BCUT2D eigenvalue weighted by atomic mass is 10.1. The molecular weight excluding hydrogens is 448 g/mol. The molecule has 4 rings (SSSR count). The summed E-state index contributed by atoms with van der Waals surface area (Å²) in [6.07, 6.45) is 1.56. The van der Waals surface area contributed by atoms with Crippen LogP contribution in [0, 0.1) is 20.8 Å². The molecule has 34 heavy (non-hydrogen) atoms. The van der Waals surface area contributed by atoms with E-state index in [-0.39, 0.29) is 10.5 Å². The lowest BCUT2D eigenvalue weighted by molar-refractivity contribution is 0.601. The van der Waals surface area contributed by atoms with Gasteiger partial charge in [-0.05, 0) is 86.0 Å². The van der Waals surface area contributed by atoms with Crippen molar-refractivity contribution >= 4 is 34.2 Å². The molecule has 0 saturated carbocycles. The molecular formula is C26H26N4O3S. The normalized spacial score (nSPS) is 12.0. The smallest absolute Gasteiger partial charge is 0.280 e. The van der Waals surface area contributed by atoms with Gasteiger partial charge in [0.25, 0.3) is 15.6 Å². The van der Waals surface area contributed by atoms with Gasteiger partial charge in [0.1, 0.15) is 0 Å². The second-order valence-electron chi connectivity index (χ2n) is 8.20. The monoisotopic (exact) mass is 474 g/mol. The SMILES string of the molecule is C=c1[nH]n(-c2ccc(C)c(C)c2)c(=O)c1=CNc1ccc(S(=O)(=O)Nc2cccc(C)c2)cc1. The van der Waals surface area contributed by atoms with E-state index in [1.54, 1.807) is 36.5 Å². The minimum absolute atomic E-state index is 0.135. The summed E-state index contributed by atoms with van der Waals surface area (Å²) in [6.45, 7) is 9.84. The number of hydrogen-bond acceptors (Lipinski definition) is 4. The number of aryl methyl sites for hydroxylation is 3. The van der Waals surface area contributed by atoms with Crippen molar-refractivity contribution in [1.82, 2.24) is 9.78 Å². The molecule has 3 N–H and O–H groups in total. The Kier molecular flexibility index (Phi) is 6.17. The predicted octanol–water partition coefficient (Wildman–Crippen LogP) is 3.15. The van der Waals surface area contributed by atoms with Crippen LogP contribution in [0.1, 0.15) is 16.7 Å².